The van der Waals surface area contributed by atoms with Gasteiger partial charge in [0.2, 0.25) is 0 Å². The minimum atomic E-state index is -3.86. The maximum Gasteiger partial charge on any atom is 0.328 e. The van der Waals surface area contributed by atoms with Crippen LogP contribution >= 0.6 is 11.6 Å². The van der Waals surface area contributed by atoms with E-state index < -0.39 is 16.1 Å². The molecule has 0 aromatic heterocycles. The molecular formula is C14H19ClN2O3S. The van der Waals surface area contributed by atoms with Crippen LogP contribution in [0.25, 0.3) is 0 Å². The molecule has 0 heterocycles. The summed E-state index contributed by atoms with van der Waals surface area (Å²) in [6.45, 7) is 0. The summed E-state index contributed by atoms with van der Waals surface area (Å²) in [5, 5.41) is 3.18. The van der Waals surface area contributed by atoms with Crippen LogP contribution in [0.15, 0.2) is 29.2 Å². The summed E-state index contributed by atoms with van der Waals surface area (Å²) in [4.78, 5) is 11.9. The first-order chi connectivity index (χ1) is 9.97. The number of rotatable bonds is 3. The lowest BCUT2D eigenvalue weighted by Crippen LogP contribution is -2.44. The highest BCUT2D eigenvalue weighted by Gasteiger charge is 2.20. The van der Waals surface area contributed by atoms with Crippen molar-refractivity contribution in [2.75, 3.05) is 0 Å². The Kier molecular flexibility index (Phi) is 5.47. The first kappa shape index (κ1) is 16.1. The molecule has 0 spiro atoms. The standard InChI is InChI=1S/C14H19ClN2O3S/c15-11-7-9-13(10-8-11)21(19,20)17-14(18)16-12-5-3-1-2-4-6-12/h7-10,12H,1-6H2,(H2,16,17,18). The average molecular weight is 331 g/mol. The molecule has 2 amide bonds. The third-order valence-corrected chi connectivity index (χ3v) is 5.14. The molecule has 7 heteroatoms. The molecule has 21 heavy (non-hydrogen) atoms. The van der Waals surface area contributed by atoms with E-state index in [4.69, 9.17) is 11.6 Å². The van der Waals surface area contributed by atoms with Gasteiger partial charge >= 0.3 is 6.03 Å². The van der Waals surface area contributed by atoms with Gasteiger partial charge in [0, 0.05) is 11.1 Å². The second-order valence-corrected chi connectivity index (χ2v) is 7.34. The van der Waals surface area contributed by atoms with Crippen LogP contribution in [0.1, 0.15) is 38.5 Å². The van der Waals surface area contributed by atoms with Crippen molar-refractivity contribution in [2.45, 2.75) is 49.5 Å². The van der Waals surface area contributed by atoms with Gasteiger partial charge in [-0.1, -0.05) is 37.3 Å². The lowest BCUT2D eigenvalue weighted by atomic mass is 10.1. The number of amides is 2. The van der Waals surface area contributed by atoms with Crippen LogP contribution in [0.3, 0.4) is 0 Å². The van der Waals surface area contributed by atoms with E-state index in [0.717, 1.165) is 25.7 Å². The number of urea groups is 1. The molecule has 0 radical (unpaired) electrons. The van der Waals surface area contributed by atoms with Crippen molar-refractivity contribution in [3.8, 4) is 0 Å². The molecule has 1 saturated carbocycles. The third-order valence-electron chi connectivity index (χ3n) is 3.54. The summed E-state index contributed by atoms with van der Waals surface area (Å²) in [7, 11) is -3.86. The van der Waals surface area contributed by atoms with E-state index in [-0.39, 0.29) is 10.9 Å². The van der Waals surface area contributed by atoms with Crippen molar-refractivity contribution in [1.29, 1.82) is 0 Å². The fraction of sp³-hybridized carbons (Fsp3) is 0.500. The maximum absolute atomic E-state index is 12.0. The molecule has 1 aromatic rings. The third kappa shape index (κ3) is 4.89. The second kappa shape index (κ2) is 7.13. The minimum Gasteiger partial charge on any atom is -0.335 e. The van der Waals surface area contributed by atoms with Crippen LogP contribution in [0.2, 0.25) is 5.02 Å². The van der Waals surface area contributed by atoms with Gasteiger partial charge in [0.05, 0.1) is 4.90 Å². The van der Waals surface area contributed by atoms with Gasteiger partial charge in [0.1, 0.15) is 0 Å². The maximum atomic E-state index is 12.0. The van der Waals surface area contributed by atoms with Gasteiger partial charge in [0.25, 0.3) is 10.0 Å². The van der Waals surface area contributed by atoms with Gasteiger partial charge in [-0.15, -0.1) is 0 Å². The highest BCUT2D eigenvalue weighted by molar-refractivity contribution is 7.90. The fourth-order valence-corrected chi connectivity index (χ4v) is 3.47. The summed E-state index contributed by atoms with van der Waals surface area (Å²) >= 11 is 5.72. The second-order valence-electron chi connectivity index (χ2n) is 5.22. The van der Waals surface area contributed by atoms with Crippen LogP contribution in [-0.2, 0) is 10.0 Å². The smallest absolute Gasteiger partial charge is 0.328 e. The average Bonchev–Trinajstić information content (AvgIpc) is 2.67. The van der Waals surface area contributed by atoms with Gasteiger partial charge in [-0.25, -0.2) is 17.9 Å². The first-order valence-electron chi connectivity index (χ1n) is 7.06. The van der Waals surface area contributed by atoms with E-state index in [1.54, 1.807) is 0 Å². The predicted molar refractivity (Wildman–Crippen MR) is 81.8 cm³/mol. The molecular weight excluding hydrogens is 312 g/mol. The molecule has 0 saturated heterocycles. The van der Waals surface area contributed by atoms with E-state index in [2.05, 4.69) is 5.32 Å². The number of carbonyl (C=O) groups is 1. The minimum absolute atomic E-state index is 0.0166. The molecule has 0 unspecified atom stereocenters. The monoisotopic (exact) mass is 330 g/mol. The summed E-state index contributed by atoms with van der Waals surface area (Å²) in [6.07, 6.45) is 6.26. The molecule has 1 aliphatic rings. The number of carbonyl (C=O) groups excluding carboxylic acids is 1. The molecule has 116 valence electrons. The normalized spacial score (nSPS) is 17.0. The van der Waals surface area contributed by atoms with Crippen molar-refractivity contribution in [1.82, 2.24) is 10.0 Å². The van der Waals surface area contributed by atoms with Gasteiger partial charge in [-0.2, -0.15) is 0 Å². The van der Waals surface area contributed by atoms with Gasteiger partial charge in [0.15, 0.2) is 0 Å². The van der Waals surface area contributed by atoms with Crippen LogP contribution in [0.4, 0.5) is 4.79 Å². The molecule has 2 rings (SSSR count). The number of sulfonamides is 1. The number of nitrogens with one attached hydrogen (secondary N) is 2. The Hall–Kier alpha value is -1.27. The molecule has 2 N–H and O–H groups in total. The Morgan fingerprint density at radius 1 is 1.05 bits per heavy atom. The van der Waals surface area contributed by atoms with Crippen LogP contribution < -0.4 is 10.0 Å². The molecule has 5 nitrogen and oxygen atoms in total. The molecule has 0 aliphatic heterocycles. The molecule has 0 bridgehead atoms. The van der Waals surface area contributed by atoms with E-state index in [0.29, 0.717) is 5.02 Å². The van der Waals surface area contributed by atoms with Crippen LogP contribution in [-0.4, -0.2) is 20.5 Å². The highest BCUT2D eigenvalue weighted by atomic mass is 35.5. The lowest BCUT2D eigenvalue weighted by molar-refractivity contribution is 0.240. The van der Waals surface area contributed by atoms with Gasteiger partial charge in [-0.05, 0) is 37.1 Å². The zero-order chi connectivity index (χ0) is 15.3. The van der Waals surface area contributed by atoms with E-state index in [9.17, 15) is 13.2 Å². The van der Waals surface area contributed by atoms with Crippen LogP contribution in [0, 0.1) is 0 Å². The molecule has 0 atom stereocenters. The highest BCUT2D eigenvalue weighted by Crippen LogP contribution is 2.17. The van der Waals surface area contributed by atoms with Crippen molar-refractivity contribution >= 4 is 27.7 Å². The van der Waals surface area contributed by atoms with Crippen molar-refractivity contribution in [2.24, 2.45) is 0 Å². The Labute approximate surface area is 130 Å². The quantitative estimate of drug-likeness (QED) is 0.836. The van der Waals surface area contributed by atoms with E-state index in [1.807, 2.05) is 4.72 Å². The zero-order valence-corrected chi connectivity index (χ0v) is 13.2. The van der Waals surface area contributed by atoms with Gasteiger partial charge in [-0.3, -0.25) is 0 Å². The topological polar surface area (TPSA) is 75.3 Å². The molecule has 1 aliphatic carbocycles. The Morgan fingerprint density at radius 3 is 2.19 bits per heavy atom. The van der Waals surface area contributed by atoms with Crippen molar-refractivity contribution in [3.05, 3.63) is 29.3 Å². The SMILES string of the molecule is O=C(NC1CCCCCC1)NS(=O)(=O)c1ccc(Cl)cc1. The molecule has 1 aromatic carbocycles. The van der Waals surface area contributed by atoms with E-state index >= 15 is 0 Å². The van der Waals surface area contributed by atoms with Gasteiger partial charge < -0.3 is 5.32 Å². The number of halogens is 1. The lowest BCUT2D eigenvalue weighted by Gasteiger charge is -2.16. The molecule has 1 fully saturated rings. The summed E-state index contributed by atoms with van der Waals surface area (Å²) < 4.78 is 26.1. The predicted octanol–water partition coefficient (Wildman–Crippen LogP) is 3.05. The Balaban J connectivity index is 1.96. The van der Waals surface area contributed by atoms with Crippen molar-refractivity contribution in [3.63, 3.8) is 0 Å². The number of benzene rings is 1. The first-order valence-corrected chi connectivity index (χ1v) is 8.92. The summed E-state index contributed by atoms with van der Waals surface area (Å²) in [5.74, 6) is 0. The summed E-state index contributed by atoms with van der Waals surface area (Å²) in [5.41, 5.74) is 0. The zero-order valence-electron chi connectivity index (χ0n) is 11.6. The van der Waals surface area contributed by atoms with Crippen molar-refractivity contribution < 1.29 is 13.2 Å². The number of hydrogen-bond donors (Lipinski definition) is 2. The largest absolute Gasteiger partial charge is 0.335 e. The Morgan fingerprint density at radius 2 is 1.62 bits per heavy atom. The summed E-state index contributed by atoms with van der Waals surface area (Å²) in [6, 6.07) is 5.05. The fourth-order valence-electron chi connectivity index (χ4n) is 2.43. The van der Waals surface area contributed by atoms with E-state index in [1.165, 1.54) is 37.1 Å². The van der Waals surface area contributed by atoms with Crippen LogP contribution in [0.5, 0.6) is 0 Å². The number of hydrogen-bond acceptors (Lipinski definition) is 3. The Bertz CT molecular complexity index is 579.